The van der Waals surface area contributed by atoms with Crippen LogP contribution in [0.25, 0.3) is 0 Å². The van der Waals surface area contributed by atoms with E-state index < -0.39 is 0 Å². The van der Waals surface area contributed by atoms with Gasteiger partial charge in [0.05, 0.1) is 6.61 Å². The van der Waals surface area contributed by atoms with Gasteiger partial charge in [0.25, 0.3) is 0 Å². The number of ether oxygens (including phenoxy) is 1. The normalized spacial score (nSPS) is 23.1. The fraction of sp³-hybridized carbons (Fsp3) is 0.647. The average molecular weight is 345 g/mol. The maximum absolute atomic E-state index is 6.16. The largest absolute Gasteiger partial charge is 0.493 e. The summed E-state index contributed by atoms with van der Waals surface area (Å²) >= 11 is 6.16. The van der Waals surface area contributed by atoms with Crippen LogP contribution in [0.2, 0.25) is 5.02 Å². The van der Waals surface area contributed by atoms with Gasteiger partial charge in [-0.05, 0) is 62.8 Å². The van der Waals surface area contributed by atoms with Gasteiger partial charge in [-0.2, -0.15) is 0 Å². The van der Waals surface area contributed by atoms with Gasteiger partial charge in [-0.1, -0.05) is 11.6 Å². The van der Waals surface area contributed by atoms with E-state index in [0.717, 1.165) is 42.9 Å². The first-order valence-corrected chi connectivity index (χ1v) is 8.39. The van der Waals surface area contributed by atoms with Crippen molar-refractivity contribution in [3.8, 4) is 5.75 Å². The van der Waals surface area contributed by atoms with Crippen molar-refractivity contribution in [2.75, 3.05) is 19.7 Å². The molecule has 1 aliphatic carbocycles. The van der Waals surface area contributed by atoms with Crippen molar-refractivity contribution in [2.24, 2.45) is 17.6 Å². The summed E-state index contributed by atoms with van der Waals surface area (Å²) in [5, 5.41) is 0.784. The van der Waals surface area contributed by atoms with Crippen LogP contribution < -0.4 is 10.5 Å². The minimum Gasteiger partial charge on any atom is -0.493 e. The van der Waals surface area contributed by atoms with Crippen molar-refractivity contribution in [1.82, 2.24) is 4.90 Å². The molecule has 1 aromatic rings. The number of rotatable bonds is 6. The molecule has 0 radical (unpaired) electrons. The summed E-state index contributed by atoms with van der Waals surface area (Å²) in [6.45, 7) is 6.05. The molecule has 1 saturated carbocycles. The van der Waals surface area contributed by atoms with Crippen LogP contribution in [0.3, 0.4) is 0 Å². The second-order valence-electron chi connectivity index (χ2n) is 6.65. The lowest BCUT2D eigenvalue weighted by Gasteiger charge is -2.20. The first-order chi connectivity index (χ1) is 10.1. The smallest absolute Gasteiger partial charge is 0.123 e. The highest BCUT2D eigenvalue weighted by atomic mass is 35.5. The molecule has 1 aromatic carbocycles. The molecule has 2 N–H and O–H groups in total. The molecule has 0 aromatic heterocycles. The van der Waals surface area contributed by atoms with Crippen molar-refractivity contribution in [3.05, 3.63) is 28.8 Å². The van der Waals surface area contributed by atoms with Crippen molar-refractivity contribution >= 4 is 24.0 Å². The molecular weight excluding hydrogens is 319 g/mol. The van der Waals surface area contributed by atoms with Crippen molar-refractivity contribution in [1.29, 1.82) is 0 Å². The molecule has 124 valence electrons. The van der Waals surface area contributed by atoms with E-state index in [4.69, 9.17) is 22.1 Å². The van der Waals surface area contributed by atoms with Crippen LogP contribution in [0.4, 0.5) is 0 Å². The lowest BCUT2D eigenvalue weighted by molar-refractivity contribution is 0.276. The fourth-order valence-electron chi connectivity index (χ4n) is 2.98. The lowest BCUT2D eigenvalue weighted by Crippen LogP contribution is -2.29. The SMILES string of the molecule is CC(N)C1CCN(Cc2cc(Cl)ccc2OCC2CC2)C1.Cl. The molecule has 1 saturated heterocycles. The van der Waals surface area contributed by atoms with Crippen LogP contribution in [0.15, 0.2) is 18.2 Å². The summed E-state index contributed by atoms with van der Waals surface area (Å²) in [6.07, 6.45) is 3.81. The fourth-order valence-corrected chi connectivity index (χ4v) is 3.18. The zero-order valence-corrected chi connectivity index (χ0v) is 14.7. The Hall–Kier alpha value is -0.480. The first kappa shape index (κ1) is 17.9. The minimum atomic E-state index is 0. The molecule has 2 atom stereocenters. The Morgan fingerprint density at radius 2 is 2.14 bits per heavy atom. The number of benzene rings is 1. The second-order valence-corrected chi connectivity index (χ2v) is 7.09. The Morgan fingerprint density at radius 1 is 1.36 bits per heavy atom. The summed E-state index contributed by atoms with van der Waals surface area (Å²) in [5.74, 6) is 2.37. The van der Waals surface area contributed by atoms with E-state index in [2.05, 4.69) is 11.8 Å². The van der Waals surface area contributed by atoms with Gasteiger partial charge in [0.1, 0.15) is 5.75 Å². The number of halogens is 2. The van der Waals surface area contributed by atoms with E-state index in [-0.39, 0.29) is 18.4 Å². The van der Waals surface area contributed by atoms with Gasteiger partial charge in [0.15, 0.2) is 0 Å². The maximum Gasteiger partial charge on any atom is 0.123 e. The molecular formula is C17H26Cl2N2O. The predicted molar refractivity (Wildman–Crippen MR) is 94.0 cm³/mol. The Morgan fingerprint density at radius 3 is 2.77 bits per heavy atom. The highest BCUT2D eigenvalue weighted by molar-refractivity contribution is 6.30. The summed E-state index contributed by atoms with van der Waals surface area (Å²) in [7, 11) is 0. The number of hydrogen-bond donors (Lipinski definition) is 1. The van der Waals surface area contributed by atoms with Gasteiger partial charge in [-0.15, -0.1) is 12.4 Å². The van der Waals surface area contributed by atoms with Crippen molar-refractivity contribution in [3.63, 3.8) is 0 Å². The van der Waals surface area contributed by atoms with E-state index in [1.54, 1.807) is 0 Å². The first-order valence-electron chi connectivity index (χ1n) is 8.01. The van der Waals surface area contributed by atoms with E-state index in [1.807, 2.05) is 18.2 Å². The highest BCUT2D eigenvalue weighted by Gasteiger charge is 2.26. The third kappa shape index (κ3) is 4.76. The van der Waals surface area contributed by atoms with Crippen LogP contribution in [0, 0.1) is 11.8 Å². The van der Waals surface area contributed by atoms with Crippen LogP contribution in [0.1, 0.15) is 31.7 Å². The van der Waals surface area contributed by atoms with Gasteiger partial charge in [-0.3, -0.25) is 4.90 Å². The second kappa shape index (κ2) is 7.87. The van der Waals surface area contributed by atoms with E-state index in [0.29, 0.717) is 5.92 Å². The summed E-state index contributed by atoms with van der Waals surface area (Å²) < 4.78 is 5.99. The molecule has 5 heteroatoms. The Bertz CT molecular complexity index is 492. The molecule has 2 unspecified atom stereocenters. The molecule has 3 nitrogen and oxygen atoms in total. The molecule has 22 heavy (non-hydrogen) atoms. The molecule has 3 rings (SSSR count). The van der Waals surface area contributed by atoms with Gasteiger partial charge >= 0.3 is 0 Å². The molecule has 1 heterocycles. The Balaban J connectivity index is 0.00000176. The van der Waals surface area contributed by atoms with Gasteiger partial charge < -0.3 is 10.5 Å². The van der Waals surface area contributed by atoms with Gasteiger partial charge in [-0.25, -0.2) is 0 Å². The minimum absolute atomic E-state index is 0. The van der Waals surface area contributed by atoms with E-state index in [1.165, 1.54) is 24.8 Å². The monoisotopic (exact) mass is 344 g/mol. The topological polar surface area (TPSA) is 38.5 Å². The Labute approximate surface area is 144 Å². The third-order valence-electron chi connectivity index (χ3n) is 4.64. The van der Waals surface area contributed by atoms with Crippen LogP contribution >= 0.6 is 24.0 Å². The number of hydrogen-bond acceptors (Lipinski definition) is 3. The lowest BCUT2D eigenvalue weighted by atomic mass is 10.0. The summed E-state index contributed by atoms with van der Waals surface area (Å²) in [6, 6.07) is 6.25. The van der Waals surface area contributed by atoms with Crippen LogP contribution in [-0.2, 0) is 6.54 Å². The maximum atomic E-state index is 6.16. The summed E-state index contributed by atoms with van der Waals surface area (Å²) in [5.41, 5.74) is 7.23. The summed E-state index contributed by atoms with van der Waals surface area (Å²) in [4.78, 5) is 2.46. The molecule has 1 aliphatic heterocycles. The molecule has 0 spiro atoms. The molecule has 2 aliphatic rings. The third-order valence-corrected chi connectivity index (χ3v) is 4.88. The van der Waals surface area contributed by atoms with E-state index >= 15 is 0 Å². The number of nitrogens with zero attached hydrogens (tertiary/aromatic N) is 1. The quantitative estimate of drug-likeness (QED) is 0.854. The predicted octanol–water partition coefficient (Wildman–Crippen LogP) is 3.72. The number of likely N-dealkylation sites (tertiary alicyclic amines) is 1. The van der Waals surface area contributed by atoms with Crippen LogP contribution in [0.5, 0.6) is 5.75 Å². The average Bonchev–Trinajstić information content (AvgIpc) is 3.15. The standard InChI is InChI=1S/C17H25ClN2O.ClH/c1-12(19)14-6-7-20(9-14)10-15-8-16(18)4-5-17(15)21-11-13-2-3-13;/h4-5,8,12-14H,2-3,6-7,9-11,19H2,1H3;1H. The zero-order chi connectivity index (χ0) is 14.8. The van der Waals surface area contributed by atoms with Gasteiger partial charge in [0.2, 0.25) is 0 Å². The number of nitrogens with two attached hydrogens (primary N) is 1. The Kier molecular flexibility index (Phi) is 6.39. The van der Waals surface area contributed by atoms with Crippen molar-refractivity contribution < 1.29 is 4.74 Å². The molecule has 0 amide bonds. The zero-order valence-electron chi connectivity index (χ0n) is 13.1. The van der Waals surface area contributed by atoms with Crippen molar-refractivity contribution in [2.45, 2.75) is 38.8 Å². The molecule has 0 bridgehead atoms. The van der Waals surface area contributed by atoms with Gasteiger partial charge in [0, 0.05) is 29.7 Å². The molecule has 2 fully saturated rings. The van der Waals surface area contributed by atoms with E-state index in [9.17, 15) is 0 Å². The highest BCUT2D eigenvalue weighted by Crippen LogP contribution is 2.32. The van der Waals surface area contributed by atoms with Crippen LogP contribution in [-0.4, -0.2) is 30.6 Å².